The number of ether oxygens (including phenoxy) is 4. The summed E-state index contributed by atoms with van der Waals surface area (Å²) in [6.07, 6.45) is 0.0313. The Hall–Kier alpha value is -2.97. The molecule has 2 aliphatic heterocycles. The molecular formula is C23H30FN3O9. The lowest BCUT2D eigenvalue weighted by Crippen LogP contribution is -2.54. The number of piperidine rings is 1. The largest absolute Gasteiger partial charge is 0.394 e. The summed E-state index contributed by atoms with van der Waals surface area (Å²) in [6, 6.07) is 1.11. The van der Waals surface area contributed by atoms with E-state index in [2.05, 4.69) is 10.6 Å². The Balaban J connectivity index is 1.36. The Kier molecular flexibility index (Phi) is 10.7. The molecule has 36 heavy (non-hydrogen) atoms. The Morgan fingerprint density at radius 3 is 2.03 bits per heavy atom. The number of nitrogens with one attached hydrogen (secondary N) is 2. The van der Waals surface area contributed by atoms with Gasteiger partial charge < -0.3 is 29.4 Å². The van der Waals surface area contributed by atoms with Crippen LogP contribution in [0.2, 0.25) is 0 Å². The number of fused-ring (bicyclic) bond motifs is 1. The van der Waals surface area contributed by atoms with E-state index >= 15 is 0 Å². The van der Waals surface area contributed by atoms with Gasteiger partial charge in [0.1, 0.15) is 11.9 Å². The number of imide groups is 2. The van der Waals surface area contributed by atoms with Crippen molar-refractivity contribution >= 4 is 29.3 Å². The van der Waals surface area contributed by atoms with E-state index in [1.165, 1.54) is 6.07 Å². The van der Waals surface area contributed by atoms with E-state index in [0.717, 1.165) is 11.0 Å². The molecule has 0 saturated carbocycles. The van der Waals surface area contributed by atoms with Crippen molar-refractivity contribution in [2.24, 2.45) is 0 Å². The van der Waals surface area contributed by atoms with Crippen molar-refractivity contribution in [3.05, 3.63) is 29.1 Å². The molecule has 13 heteroatoms. The minimum atomic E-state index is -1.11. The lowest BCUT2D eigenvalue weighted by Gasteiger charge is -2.27. The molecule has 2 aliphatic rings. The van der Waals surface area contributed by atoms with Crippen molar-refractivity contribution in [1.29, 1.82) is 0 Å². The van der Waals surface area contributed by atoms with E-state index < -0.39 is 35.5 Å². The molecule has 1 aromatic rings. The first-order valence-electron chi connectivity index (χ1n) is 11.6. The van der Waals surface area contributed by atoms with E-state index in [9.17, 15) is 23.6 Å². The number of carbonyl (C=O) groups is 4. The molecule has 0 bridgehead atoms. The Bertz CT molecular complexity index is 959. The molecule has 1 atom stereocenters. The summed E-state index contributed by atoms with van der Waals surface area (Å²) in [7, 11) is 0. The fourth-order valence-corrected chi connectivity index (χ4v) is 3.71. The monoisotopic (exact) mass is 511 g/mol. The van der Waals surface area contributed by atoms with Crippen LogP contribution in [0.3, 0.4) is 0 Å². The highest BCUT2D eigenvalue weighted by Crippen LogP contribution is 2.31. The number of aliphatic hydroxyl groups is 1. The third kappa shape index (κ3) is 7.27. The number of aliphatic hydroxyl groups excluding tert-OH is 1. The summed E-state index contributed by atoms with van der Waals surface area (Å²) in [5, 5.41) is 13.5. The number of hydrogen-bond acceptors (Lipinski definition) is 10. The fourth-order valence-electron chi connectivity index (χ4n) is 3.71. The van der Waals surface area contributed by atoms with Crippen molar-refractivity contribution in [2.45, 2.75) is 18.9 Å². The maximum atomic E-state index is 14.5. The second-order valence-corrected chi connectivity index (χ2v) is 7.92. The quantitative estimate of drug-likeness (QED) is 0.199. The lowest BCUT2D eigenvalue weighted by atomic mass is 10.0. The summed E-state index contributed by atoms with van der Waals surface area (Å²) < 4.78 is 35.7. The smallest absolute Gasteiger partial charge is 0.262 e. The highest BCUT2D eigenvalue weighted by Gasteiger charge is 2.45. The summed E-state index contributed by atoms with van der Waals surface area (Å²) >= 11 is 0. The van der Waals surface area contributed by atoms with Gasteiger partial charge in [0.15, 0.2) is 0 Å². The van der Waals surface area contributed by atoms with E-state index in [1.807, 2.05) is 0 Å². The molecule has 0 spiro atoms. The van der Waals surface area contributed by atoms with E-state index in [-0.39, 0.29) is 56.0 Å². The molecular weight excluding hydrogens is 481 g/mol. The van der Waals surface area contributed by atoms with Crippen molar-refractivity contribution in [1.82, 2.24) is 10.2 Å². The molecule has 1 unspecified atom stereocenters. The van der Waals surface area contributed by atoms with Gasteiger partial charge in [-0.3, -0.25) is 29.4 Å². The normalized spacial score (nSPS) is 17.5. The average Bonchev–Trinajstić information content (AvgIpc) is 3.08. The first kappa shape index (κ1) is 27.6. The Morgan fingerprint density at radius 1 is 0.889 bits per heavy atom. The molecule has 1 fully saturated rings. The van der Waals surface area contributed by atoms with Crippen LogP contribution in [0.4, 0.5) is 10.1 Å². The molecule has 0 aliphatic carbocycles. The molecule has 1 saturated heterocycles. The maximum Gasteiger partial charge on any atom is 0.262 e. The first-order chi connectivity index (χ1) is 17.4. The third-order valence-electron chi connectivity index (χ3n) is 5.44. The van der Waals surface area contributed by atoms with Gasteiger partial charge in [-0.15, -0.1) is 0 Å². The van der Waals surface area contributed by atoms with Crippen LogP contribution in [0.1, 0.15) is 33.6 Å². The van der Waals surface area contributed by atoms with Gasteiger partial charge in [-0.2, -0.15) is 0 Å². The van der Waals surface area contributed by atoms with Crippen LogP contribution in [0.15, 0.2) is 12.1 Å². The second kappa shape index (κ2) is 13.9. The predicted molar refractivity (Wildman–Crippen MR) is 122 cm³/mol. The molecule has 1 aromatic carbocycles. The zero-order chi connectivity index (χ0) is 25.9. The zero-order valence-electron chi connectivity index (χ0n) is 19.8. The third-order valence-corrected chi connectivity index (χ3v) is 5.44. The second-order valence-electron chi connectivity index (χ2n) is 7.92. The van der Waals surface area contributed by atoms with E-state index in [1.54, 1.807) is 0 Å². The van der Waals surface area contributed by atoms with Crippen LogP contribution in [0.5, 0.6) is 0 Å². The Morgan fingerprint density at radius 2 is 1.44 bits per heavy atom. The molecule has 3 rings (SSSR count). The predicted octanol–water partition coefficient (Wildman–Crippen LogP) is -0.302. The topological polar surface area (TPSA) is 153 Å². The van der Waals surface area contributed by atoms with Crippen LogP contribution in [0.25, 0.3) is 0 Å². The molecule has 198 valence electrons. The van der Waals surface area contributed by atoms with Gasteiger partial charge in [-0.1, -0.05) is 0 Å². The van der Waals surface area contributed by atoms with Crippen molar-refractivity contribution in [2.75, 3.05) is 71.3 Å². The van der Waals surface area contributed by atoms with Crippen LogP contribution >= 0.6 is 0 Å². The van der Waals surface area contributed by atoms with Gasteiger partial charge in [0.2, 0.25) is 11.8 Å². The number of halogens is 1. The van der Waals surface area contributed by atoms with E-state index in [4.69, 9.17) is 24.1 Å². The van der Waals surface area contributed by atoms with Crippen LogP contribution in [0, 0.1) is 5.82 Å². The van der Waals surface area contributed by atoms with Crippen molar-refractivity contribution < 1.29 is 47.6 Å². The van der Waals surface area contributed by atoms with Gasteiger partial charge in [-0.25, -0.2) is 4.39 Å². The number of rotatable bonds is 16. The molecule has 0 radical (unpaired) electrons. The van der Waals surface area contributed by atoms with Gasteiger partial charge in [-0.05, 0) is 18.6 Å². The molecule has 3 N–H and O–H groups in total. The summed E-state index contributed by atoms with van der Waals surface area (Å²) in [4.78, 5) is 49.8. The van der Waals surface area contributed by atoms with E-state index in [0.29, 0.717) is 39.6 Å². The maximum absolute atomic E-state index is 14.5. The minimum Gasteiger partial charge on any atom is -0.394 e. The number of amides is 4. The molecule has 4 amide bonds. The average molecular weight is 512 g/mol. The fraction of sp³-hybridized carbons (Fsp3) is 0.565. The van der Waals surface area contributed by atoms with Crippen LogP contribution in [-0.2, 0) is 28.5 Å². The number of hydrogen-bond donors (Lipinski definition) is 3. The van der Waals surface area contributed by atoms with Gasteiger partial charge in [0.25, 0.3) is 11.8 Å². The van der Waals surface area contributed by atoms with Crippen molar-refractivity contribution in [3.63, 3.8) is 0 Å². The van der Waals surface area contributed by atoms with Crippen LogP contribution < -0.4 is 10.6 Å². The molecule has 0 aromatic heterocycles. The summed E-state index contributed by atoms with van der Waals surface area (Å²) in [5.41, 5.74) is -0.104. The highest BCUT2D eigenvalue weighted by molar-refractivity contribution is 6.23. The zero-order valence-corrected chi connectivity index (χ0v) is 19.8. The van der Waals surface area contributed by atoms with Gasteiger partial charge in [0, 0.05) is 13.0 Å². The SMILES string of the molecule is O=C1CCC(N2C(=O)c3cc(F)c(NCCOCCOCCOCCOCCO)cc3C2=O)C(=O)N1. The number of nitrogens with zero attached hydrogens (tertiary/aromatic N) is 1. The van der Waals surface area contributed by atoms with Crippen LogP contribution in [-0.4, -0.2) is 106 Å². The number of anilines is 1. The van der Waals surface area contributed by atoms with Crippen molar-refractivity contribution in [3.8, 4) is 0 Å². The summed E-state index contributed by atoms with van der Waals surface area (Å²) in [5.74, 6) is -3.38. The minimum absolute atomic E-state index is 0.00531. The Labute approximate surface area is 207 Å². The van der Waals surface area contributed by atoms with Gasteiger partial charge in [0.05, 0.1) is 76.3 Å². The highest BCUT2D eigenvalue weighted by atomic mass is 19.1. The number of carbonyl (C=O) groups excluding carboxylic acids is 4. The molecule has 2 heterocycles. The lowest BCUT2D eigenvalue weighted by molar-refractivity contribution is -0.136. The summed E-state index contributed by atoms with van der Waals surface area (Å²) in [6.45, 7) is 3.04. The standard InChI is InChI=1S/C23H30FN3O9/c24-17-13-15-16(23(32)27(22(15)31)19-1-2-20(29)26-21(19)30)14-18(17)25-3-5-33-7-9-35-11-12-36-10-8-34-6-4-28/h13-14,19,25,28H,1-12H2,(H,26,29,30). The van der Waals surface area contributed by atoms with Gasteiger partial charge >= 0.3 is 0 Å². The molecule has 12 nitrogen and oxygen atoms in total. The number of benzene rings is 1. The first-order valence-corrected chi connectivity index (χ1v) is 11.6.